The molecule has 3 aromatic rings. The normalized spacial score (nSPS) is 16.8. The van der Waals surface area contributed by atoms with E-state index in [0.29, 0.717) is 48.7 Å². The molecule has 1 saturated heterocycles. The number of hydrogen-bond donors (Lipinski definition) is 2. The Hall–Kier alpha value is -3.76. The quantitative estimate of drug-likeness (QED) is 0.665. The van der Waals surface area contributed by atoms with Crippen molar-refractivity contribution in [2.45, 2.75) is 12.8 Å². The van der Waals surface area contributed by atoms with Crippen molar-refractivity contribution in [1.29, 1.82) is 0 Å². The molecule has 2 amide bonds. The van der Waals surface area contributed by atoms with Crippen LogP contribution in [-0.4, -0.2) is 56.8 Å². The van der Waals surface area contributed by atoms with Gasteiger partial charge in [-0.05, 0) is 53.6 Å². The minimum Gasteiger partial charge on any atom is -0.482 e. The first-order valence-electron chi connectivity index (χ1n) is 9.34. The second-order valence-electron chi connectivity index (χ2n) is 7.02. The van der Waals surface area contributed by atoms with Gasteiger partial charge in [0.15, 0.2) is 18.1 Å². The van der Waals surface area contributed by atoms with Crippen molar-refractivity contribution in [2.24, 2.45) is 5.92 Å². The van der Waals surface area contributed by atoms with Gasteiger partial charge in [-0.2, -0.15) is 0 Å². The van der Waals surface area contributed by atoms with Crippen LogP contribution in [0, 0.1) is 5.92 Å². The van der Waals surface area contributed by atoms with E-state index in [1.807, 2.05) is 12.1 Å². The number of nitrogens with zero attached hydrogens (tertiary/aromatic N) is 6. The highest BCUT2D eigenvalue weighted by molar-refractivity contribution is 5.98. The van der Waals surface area contributed by atoms with Gasteiger partial charge < -0.3 is 20.3 Å². The summed E-state index contributed by atoms with van der Waals surface area (Å²) in [6.45, 7) is 1.44. The van der Waals surface area contributed by atoms with Crippen LogP contribution in [0.15, 0.2) is 30.3 Å². The molecule has 0 spiro atoms. The second kappa shape index (κ2) is 7.00. The van der Waals surface area contributed by atoms with E-state index < -0.39 is 0 Å². The molecule has 2 aliphatic rings. The van der Waals surface area contributed by atoms with E-state index in [1.165, 1.54) is 4.63 Å². The Morgan fingerprint density at radius 3 is 2.93 bits per heavy atom. The predicted octanol–water partition coefficient (Wildman–Crippen LogP) is 0.705. The third-order valence-electron chi connectivity index (χ3n) is 5.13. The van der Waals surface area contributed by atoms with Gasteiger partial charge in [0.2, 0.25) is 5.91 Å². The summed E-state index contributed by atoms with van der Waals surface area (Å²) >= 11 is 0. The zero-order chi connectivity index (χ0) is 19.8. The van der Waals surface area contributed by atoms with Gasteiger partial charge in [0, 0.05) is 24.7 Å². The van der Waals surface area contributed by atoms with Crippen molar-refractivity contribution in [3.05, 3.63) is 30.3 Å². The summed E-state index contributed by atoms with van der Waals surface area (Å²) in [5.74, 6) is 1.06. The Labute approximate surface area is 165 Å². The summed E-state index contributed by atoms with van der Waals surface area (Å²) in [7, 11) is 0. The number of carbonyl (C=O) groups is 2. The number of rotatable bonds is 3. The topological polar surface area (TPSA) is 127 Å². The smallest absolute Gasteiger partial charge is 0.262 e. The van der Waals surface area contributed by atoms with E-state index in [0.717, 1.165) is 5.82 Å². The number of aromatic nitrogens is 5. The number of benzene rings is 1. The molecule has 11 heteroatoms. The fraction of sp³-hybridized carbons (Fsp3) is 0.333. The number of amides is 2. The Morgan fingerprint density at radius 1 is 1.21 bits per heavy atom. The first-order valence-corrected chi connectivity index (χ1v) is 9.34. The van der Waals surface area contributed by atoms with Crippen LogP contribution in [0.3, 0.4) is 0 Å². The van der Waals surface area contributed by atoms with Crippen molar-refractivity contribution < 1.29 is 14.3 Å². The number of hydrogen-bond acceptors (Lipinski definition) is 8. The van der Waals surface area contributed by atoms with E-state index in [9.17, 15) is 9.59 Å². The van der Waals surface area contributed by atoms with Crippen LogP contribution in [0.25, 0.3) is 5.65 Å². The summed E-state index contributed by atoms with van der Waals surface area (Å²) < 4.78 is 6.73. The summed E-state index contributed by atoms with van der Waals surface area (Å²) in [5, 5.41) is 21.3. The first kappa shape index (κ1) is 17.3. The molecule has 0 saturated carbocycles. The fourth-order valence-corrected chi connectivity index (χ4v) is 3.58. The second-order valence-corrected chi connectivity index (χ2v) is 7.02. The van der Waals surface area contributed by atoms with Gasteiger partial charge >= 0.3 is 0 Å². The molecule has 2 aromatic heterocycles. The number of carbonyl (C=O) groups excluding carboxylic acids is 2. The molecule has 4 heterocycles. The Balaban J connectivity index is 1.21. The lowest BCUT2D eigenvalue weighted by molar-refractivity contribution is -0.120. The molecular formula is C18H18N8O3. The number of piperidine rings is 1. The van der Waals surface area contributed by atoms with Gasteiger partial charge in [0.05, 0.1) is 5.69 Å². The van der Waals surface area contributed by atoms with Crippen molar-refractivity contribution in [1.82, 2.24) is 25.3 Å². The molecule has 1 aromatic carbocycles. The van der Waals surface area contributed by atoms with E-state index in [-0.39, 0.29) is 24.3 Å². The molecule has 29 heavy (non-hydrogen) atoms. The van der Waals surface area contributed by atoms with Gasteiger partial charge in [-0.25, -0.2) is 0 Å². The number of fused-ring (bicyclic) bond motifs is 2. The summed E-state index contributed by atoms with van der Waals surface area (Å²) in [6.07, 6.45) is 1.43. The number of nitrogens with one attached hydrogen (secondary N) is 2. The average molecular weight is 394 g/mol. The maximum atomic E-state index is 12.7. The third-order valence-corrected chi connectivity index (χ3v) is 5.13. The van der Waals surface area contributed by atoms with Crippen LogP contribution >= 0.6 is 0 Å². The van der Waals surface area contributed by atoms with Gasteiger partial charge in [-0.3, -0.25) is 9.59 Å². The fourth-order valence-electron chi connectivity index (χ4n) is 3.58. The minimum absolute atomic E-state index is 0.00644. The summed E-state index contributed by atoms with van der Waals surface area (Å²) in [4.78, 5) is 26.3. The van der Waals surface area contributed by atoms with Crippen LogP contribution in [0.4, 0.5) is 17.2 Å². The van der Waals surface area contributed by atoms with E-state index in [2.05, 4.69) is 36.2 Å². The Kier molecular flexibility index (Phi) is 4.19. The van der Waals surface area contributed by atoms with Gasteiger partial charge in [0.25, 0.3) is 5.91 Å². The molecule has 5 rings (SSSR count). The number of ether oxygens (including phenoxy) is 1. The van der Waals surface area contributed by atoms with Crippen molar-refractivity contribution in [3.63, 3.8) is 0 Å². The standard InChI is InChI=1S/C18H18N8O3/c27-17-10-29-14-2-1-12(9-13(14)20-17)19-18(28)11-5-7-25(8-6-11)16-4-3-15-21-23-24-26(15)22-16/h1-4,9,11H,5-8,10H2,(H,19,28)(H,20,27). The molecule has 2 N–H and O–H groups in total. The first-order chi connectivity index (χ1) is 14.2. The number of tetrazole rings is 1. The molecule has 0 bridgehead atoms. The predicted molar refractivity (Wildman–Crippen MR) is 103 cm³/mol. The summed E-state index contributed by atoms with van der Waals surface area (Å²) in [6, 6.07) is 8.93. The zero-order valence-corrected chi connectivity index (χ0v) is 15.4. The van der Waals surface area contributed by atoms with Crippen LogP contribution in [0.2, 0.25) is 0 Å². The lowest BCUT2D eigenvalue weighted by Gasteiger charge is -2.31. The van der Waals surface area contributed by atoms with E-state index in [4.69, 9.17) is 4.74 Å². The molecule has 148 valence electrons. The third kappa shape index (κ3) is 3.42. The van der Waals surface area contributed by atoms with E-state index >= 15 is 0 Å². The van der Waals surface area contributed by atoms with E-state index in [1.54, 1.807) is 18.2 Å². The highest BCUT2D eigenvalue weighted by Crippen LogP contribution is 2.31. The van der Waals surface area contributed by atoms with Crippen LogP contribution < -0.4 is 20.3 Å². The molecule has 0 unspecified atom stereocenters. The Bertz CT molecular complexity index is 1090. The summed E-state index contributed by atoms with van der Waals surface area (Å²) in [5.41, 5.74) is 1.79. The van der Waals surface area contributed by atoms with Crippen molar-refractivity contribution in [2.75, 3.05) is 35.2 Å². The van der Waals surface area contributed by atoms with Crippen molar-refractivity contribution in [3.8, 4) is 5.75 Å². The maximum absolute atomic E-state index is 12.7. The maximum Gasteiger partial charge on any atom is 0.262 e. The highest BCUT2D eigenvalue weighted by atomic mass is 16.5. The molecule has 0 atom stereocenters. The molecule has 0 radical (unpaired) electrons. The van der Waals surface area contributed by atoms with Crippen molar-refractivity contribution >= 4 is 34.7 Å². The molecule has 2 aliphatic heterocycles. The van der Waals surface area contributed by atoms with Gasteiger partial charge in [-0.15, -0.1) is 14.8 Å². The zero-order valence-electron chi connectivity index (χ0n) is 15.4. The lowest BCUT2D eigenvalue weighted by atomic mass is 9.95. The van der Waals surface area contributed by atoms with Gasteiger partial charge in [-0.1, -0.05) is 0 Å². The molecule has 0 aliphatic carbocycles. The highest BCUT2D eigenvalue weighted by Gasteiger charge is 2.26. The lowest BCUT2D eigenvalue weighted by Crippen LogP contribution is -2.38. The van der Waals surface area contributed by atoms with Crippen LogP contribution in [0.1, 0.15) is 12.8 Å². The van der Waals surface area contributed by atoms with Gasteiger partial charge in [0.1, 0.15) is 5.75 Å². The average Bonchev–Trinajstić information content (AvgIpc) is 3.21. The molecule has 11 nitrogen and oxygen atoms in total. The van der Waals surface area contributed by atoms with Crippen LogP contribution in [-0.2, 0) is 9.59 Å². The molecule has 1 fully saturated rings. The Morgan fingerprint density at radius 2 is 2.07 bits per heavy atom. The molecular weight excluding hydrogens is 376 g/mol. The van der Waals surface area contributed by atoms with Crippen LogP contribution in [0.5, 0.6) is 5.75 Å². The number of anilines is 3. The minimum atomic E-state index is -0.207. The monoisotopic (exact) mass is 394 g/mol. The largest absolute Gasteiger partial charge is 0.482 e. The SMILES string of the molecule is O=C1COc2ccc(NC(=O)C3CCN(c4ccc5nnnn5n4)CC3)cc2N1.